The van der Waals surface area contributed by atoms with Crippen molar-refractivity contribution >= 4 is 21.9 Å². The second kappa shape index (κ2) is 9.09. The van der Waals surface area contributed by atoms with E-state index in [1.807, 2.05) is 6.92 Å². The molecule has 1 aliphatic heterocycles. The van der Waals surface area contributed by atoms with Crippen LogP contribution in [-0.4, -0.2) is 48.5 Å². The summed E-state index contributed by atoms with van der Waals surface area (Å²) in [5, 5.41) is 10.3. The van der Waals surface area contributed by atoms with E-state index in [2.05, 4.69) is 15.5 Å². The number of ether oxygens (including phenoxy) is 1. The van der Waals surface area contributed by atoms with E-state index in [9.17, 15) is 13.2 Å². The van der Waals surface area contributed by atoms with Crippen LogP contribution in [0.4, 0.5) is 6.01 Å². The first-order valence-electron chi connectivity index (χ1n) is 10.3. The summed E-state index contributed by atoms with van der Waals surface area (Å²) in [5.74, 6) is 0.387. The van der Waals surface area contributed by atoms with Crippen LogP contribution in [-0.2, 0) is 10.0 Å². The highest BCUT2D eigenvalue weighted by atomic mass is 32.2. The Hall–Kier alpha value is -3.24. The van der Waals surface area contributed by atoms with Crippen molar-refractivity contribution < 1.29 is 22.4 Å². The van der Waals surface area contributed by atoms with Crippen LogP contribution in [0.25, 0.3) is 11.5 Å². The van der Waals surface area contributed by atoms with Crippen LogP contribution >= 0.6 is 0 Å². The number of carbonyl (C=O) groups is 1. The molecule has 10 heteroatoms. The molecular weight excluding hydrogens is 432 g/mol. The van der Waals surface area contributed by atoms with Crippen molar-refractivity contribution in [2.24, 2.45) is 0 Å². The Balaban J connectivity index is 1.46. The molecule has 1 aliphatic rings. The van der Waals surface area contributed by atoms with Gasteiger partial charge >= 0.3 is 6.01 Å². The fourth-order valence-electron chi connectivity index (χ4n) is 3.66. The van der Waals surface area contributed by atoms with Crippen molar-refractivity contribution in [1.82, 2.24) is 14.5 Å². The number of carbonyl (C=O) groups excluding carboxylic acids is 1. The van der Waals surface area contributed by atoms with Gasteiger partial charge in [0.1, 0.15) is 5.75 Å². The van der Waals surface area contributed by atoms with E-state index < -0.39 is 15.9 Å². The minimum Gasteiger partial charge on any atom is -0.497 e. The van der Waals surface area contributed by atoms with Crippen LogP contribution in [0.2, 0.25) is 0 Å². The fourth-order valence-corrected chi connectivity index (χ4v) is 5.36. The SMILES string of the molecule is COc1cccc(-c2nnc(NC(=O)c3ccc(S(=O)(=O)N4CCCCC4C)cc3)o2)c1. The van der Waals surface area contributed by atoms with Crippen LogP contribution in [0.5, 0.6) is 5.75 Å². The number of hydrogen-bond acceptors (Lipinski definition) is 7. The second-order valence-electron chi connectivity index (χ2n) is 7.58. The first kappa shape index (κ1) is 22.0. The lowest BCUT2D eigenvalue weighted by atomic mass is 10.1. The summed E-state index contributed by atoms with van der Waals surface area (Å²) >= 11 is 0. The van der Waals surface area contributed by atoms with Gasteiger partial charge in [0.25, 0.3) is 5.91 Å². The van der Waals surface area contributed by atoms with Crippen LogP contribution in [0.3, 0.4) is 0 Å². The molecule has 32 heavy (non-hydrogen) atoms. The number of methoxy groups -OCH3 is 1. The molecule has 1 aromatic heterocycles. The van der Waals surface area contributed by atoms with Gasteiger partial charge in [-0.1, -0.05) is 17.6 Å². The number of amides is 1. The fraction of sp³-hybridized carbons (Fsp3) is 0.318. The zero-order valence-corrected chi connectivity index (χ0v) is 18.6. The summed E-state index contributed by atoms with van der Waals surface area (Å²) in [4.78, 5) is 12.7. The number of piperidine rings is 1. The number of benzene rings is 2. The molecule has 1 unspecified atom stereocenters. The molecule has 1 amide bonds. The predicted molar refractivity (Wildman–Crippen MR) is 118 cm³/mol. The van der Waals surface area contributed by atoms with Crippen molar-refractivity contribution in [2.45, 2.75) is 37.1 Å². The minimum absolute atomic E-state index is 0.0342. The van der Waals surface area contributed by atoms with Gasteiger partial charge in [0.15, 0.2) is 0 Å². The molecule has 1 saturated heterocycles. The lowest BCUT2D eigenvalue weighted by Crippen LogP contribution is -2.41. The molecule has 2 aromatic carbocycles. The Morgan fingerprint density at radius 2 is 1.94 bits per heavy atom. The first-order chi connectivity index (χ1) is 15.4. The number of rotatable bonds is 6. The van der Waals surface area contributed by atoms with Gasteiger partial charge in [-0.05, 0) is 62.2 Å². The van der Waals surface area contributed by atoms with E-state index in [1.54, 1.807) is 31.4 Å². The molecule has 1 N–H and O–H groups in total. The lowest BCUT2D eigenvalue weighted by molar-refractivity contribution is 0.102. The molecule has 9 nitrogen and oxygen atoms in total. The van der Waals surface area contributed by atoms with E-state index in [0.29, 0.717) is 17.9 Å². The van der Waals surface area contributed by atoms with Gasteiger partial charge < -0.3 is 9.15 Å². The molecule has 1 atom stereocenters. The monoisotopic (exact) mass is 456 g/mol. The number of anilines is 1. The first-order valence-corrected chi connectivity index (χ1v) is 11.7. The van der Waals surface area contributed by atoms with E-state index >= 15 is 0 Å². The molecule has 4 rings (SSSR count). The highest BCUT2D eigenvalue weighted by Crippen LogP contribution is 2.26. The standard InChI is InChI=1S/C22H24N4O5S/c1-15-6-3-4-13-26(15)32(28,29)19-11-9-16(10-12-19)20(27)23-22-25-24-21(31-22)17-7-5-8-18(14-17)30-2/h5,7-12,14-15H,3-4,6,13H2,1-2H3,(H,23,25,27). The van der Waals surface area contributed by atoms with Crippen LogP contribution < -0.4 is 10.1 Å². The van der Waals surface area contributed by atoms with Crippen LogP contribution in [0.15, 0.2) is 57.8 Å². The average molecular weight is 457 g/mol. The van der Waals surface area contributed by atoms with E-state index in [-0.39, 0.29) is 28.4 Å². The molecular formula is C22H24N4O5S. The van der Waals surface area contributed by atoms with Crippen molar-refractivity contribution in [3.63, 3.8) is 0 Å². The maximum Gasteiger partial charge on any atom is 0.322 e. The molecule has 2 heterocycles. The predicted octanol–water partition coefficient (Wildman–Crippen LogP) is 3.56. The Bertz CT molecular complexity index is 1210. The van der Waals surface area contributed by atoms with Crippen molar-refractivity contribution in [3.8, 4) is 17.2 Å². The molecule has 168 valence electrons. The molecule has 1 fully saturated rings. The number of aromatic nitrogens is 2. The molecule has 0 bridgehead atoms. The van der Waals surface area contributed by atoms with Gasteiger partial charge in [-0.15, -0.1) is 5.10 Å². The van der Waals surface area contributed by atoms with Gasteiger partial charge in [0.05, 0.1) is 12.0 Å². The zero-order valence-electron chi connectivity index (χ0n) is 17.8. The van der Waals surface area contributed by atoms with Crippen LogP contribution in [0, 0.1) is 0 Å². The lowest BCUT2D eigenvalue weighted by Gasteiger charge is -2.32. The summed E-state index contributed by atoms with van der Waals surface area (Å²) in [5.41, 5.74) is 0.927. The number of sulfonamides is 1. The van der Waals surface area contributed by atoms with Crippen molar-refractivity contribution in [2.75, 3.05) is 19.0 Å². The molecule has 0 saturated carbocycles. The highest BCUT2D eigenvalue weighted by molar-refractivity contribution is 7.89. The zero-order chi connectivity index (χ0) is 22.7. The third-order valence-corrected chi connectivity index (χ3v) is 7.46. The topological polar surface area (TPSA) is 115 Å². The quantitative estimate of drug-likeness (QED) is 0.603. The normalized spacial score (nSPS) is 17.1. The highest BCUT2D eigenvalue weighted by Gasteiger charge is 2.31. The maximum atomic E-state index is 12.9. The smallest absolute Gasteiger partial charge is 0.322 e. The van der Waals surface area contributed by atoms with E-state index in [1.165, 1.54) is 28.6 Å². The molecule has 0 aliphatic carbocycles. The van der Waals surface area contributed by atoms with Gasteiger partial charge in [-0.2, -0.15) is 4.31 Å². The van der Waals surface area contributed by atoms with Gasteiger partial charge in [0.2, 0.25) is 15.9 Å². The summed E-state index contributed by atoms with van der Waals surface area (Å²) < 4.78 is 38.1. The van der Waals surface area contributed by atoms with E-state index in [0.717, 1.165) is 19.3 Å². The summed E-state index contributed by atoms with van der Waals surface area (Å²) in [6.45, 7) is 2.43. The minimum atomic E-state index is -3.60. The summed E-state index contributed by atoms with van der Waals surface area (Å²) in [6, 6.07) is 12.8. The van der Waals surface area contributed by atoms with Gasteiger partial charge in [-0.25, -0.2) is 8.42 Å². The van der Waals surface area contributed by atoms with Crippen LogP contribution in [0.1, 0.15) is 36.5 Å². The maximum absolute atomic E-state index is 12.9. The third kappa shape index (κ3) is 4.51. The largest absolute Gasteiger partial charge is 0.497 e. The summed E-state index contributed by atoms with van der Waals surface area (Å²) in [6.07, 6.45) is 2.73. The number of hydrogen-bond donors (Lipinski definition) is 1. The van der Waals surface area contributed by atoms with Crippen molar-refractivity contribution in [1.29, 1.82) is 0 Å². The number of nitrogens with zero attached hydrogens (tertiary/aromatic N) is 3. The van der Waals surface area contributed by atoms with Gasteiger partial charge in [0, 0.05) is 23.7 Å². The Labute approximate surface area is 186 Å². The average Bonchev–Trinajstić information content (AvgIpc) is 3.28. The molecule has 0 radical (unpaired) electrons. The molecule has 3 aromatic rings. The van der Waals surface area contributed by atoms with Crippen molar-refractivity contribution in [3.05, 3.63) is 54.1 Å². The van der Waals surface area contributed by atoms with E-state index in [4.69, 9.17) is 9.15 Å². The third-order valence-electron chi connectivity index (χ3n) is 5.43. The number of nitrogens with one attached hydrogen (secondary N) is 1. The molecule has 0 spiro atoms. The Morgan fingerprint density at radius 1 is 1.16 bits per heavy atom. The summed E-state index contributed by atoms with van der Waals surface area (Å²) in [7, 11) is -2.04. The second-order valence-corrected chi connectivity index (χ2v) is 9.47. The Morgan fingerprint density at radius 3 is 2.66 bits per heavy atom. The Kier molecular flexibility index (Phi) is 6.24. The van der Waals surface area contributed by atoms with Gasteiger partial charge in [-0.3, -0.25) is 10.1 Å².